The molecule has 0 aliphatic carbocycles. The topological polar surface area (TPSA) is 47.6 Å². The minimum atomic E-state index is -0.158. The average molecular weight is 327 g/mol. The van der Waals surface area contributed by atoms with Crippen LogP contribution in [0.4, 0.5) is 0 Å². The molecule has 0 fully saturated rings. The molecule has 4 heteroatoms. The van der Waals surface area contributed by atoms with Crippen molar-refractivity contribution in [2.24, 2.45) is 0 Å². The van der Waals surface area contributed by atoms with E-state index in [0.717, 1.165) is 16.9 Å². The Morgan fingerprint density at radius 3 is 2.46 bits per heavy atom. The third-order valence-electron chi connectivity index (χ3n) is 3.84. The predicted octanol–water partition coefficient (Wildman–Crippen LogP) is 3.57. The first kappa shape index (κ1) is 17.9. The molecule has 1 amide bonds. The molecule has 0 bridgehead atoms. The van der Waals surface area contributed by atoms with Crippen LogP contribution >= 0.6 is 0 Å². The van der Waals surface area contributed by atoms with Gasteiger partial charge in [-0.1, -0.05) is 24.3 Å². The minimum Gasteiger partial charge on any atom is -0.491 e. The van der Waals surface area contributed by atoms with Crippen LogP contribution in [0.2, 0.25) is 0 Å². The molecule has 4 nitrogen and oxygen atoms in total. The van der Waals surface area contributed by atoms with Crippen molar-refractivity contribution in [1.29, 1.82) is 0 Å². The Morgan fingerprint density at radius 1 is 1.00 bits per heavy atom. The van der Waals surface area contributed by atoms with Gasteiger partial charge in [-0.15, -0.1) is 0 Å². The number of aryl methyl sites for hydroxylation is 3. The number of nitrogens with one attached hydrogen (secondary N) is 1. The maximum Gasteiger partial charge on any atom is 0.258 e. The van der Waals surface area contributed by atoms with Crippen LogP contribution in [0.3, 0.4) is 0 Å². The lowest BCUT2D eigenvalue weighted by atomic mass is 10.1. The molecule has 0 radical (unpaired) electrons. The van der Waals surface area contributed by atoms with Gasteiger partial charge in [-0.2, -0.15) is 0 Å². The molecule has 0 aromatic heterocycles. The summed E-state index contributed by atoms with van der Waals surface area (Å²) in [6.07, 6.45) is 0. The molecular formula is C20H25NO3. The van der Waals surface area contributed by atoms with Crippen molar-refractivity contribution in [2.75, 3.05) is 13.2 Å². The van der Waals surface area contributed by atoms with Gasteiger partial charge < -0.3 is 14.8 Å². The first-order valence-electron chi connectivity index (χ1n) is 8.13. The Hall–Kier alpha value is -2.49. The number of amides is 1. The number of rotatable bonds is 7. The fraction of sp³-hybridized carbons (Fsp3) is 0.350. The van der Waals surface area contributed by atoms with Gasteiger partial charge in [-0.3, -0.25) is 4.79 Å². The van der Waals surface area contributed by atoms with Crippen LogP contribution in [-0.4, -0.2) is 25.2 Å². The Kier molecular flexibility index (Phi) is 6.24. The van der Waals surface area contributed by atoms with Crippen molar-refractivity contribution < 1.29 is 14.3 Å². The van der Waals surface area contributed by atoms with Crippen molar-refractivity contribution in [1.82, 2.24) is 5.32 Å². The number of ether oxygens (including phenoxy) is 2. The van der Waals surface area contributed by atoms with E-state index in [0.29, 0.717) is 12.4 Å². The zero-order chi connectivity index (χ0) is 17.5. The standard InChI is InChI=1S/C20H25NO3/c1-14-9-10-18(11-16(14)3)23-13-20(22)21-17(4)12-24-19-8-6-5-7-15(19)2/h5-11,17H,12-13H2,1-4H3,(H,21,22). The second kappa shape index (κ2) is 8.39. The number of para-hydroxylation sites is 1. The summed E-state index contributed by atoms with van der Waals surface area (Å²) in [6, 6.07) is 13.5. The molecule has 1 N–H and O–H groups in total. The summed E-state index contributed by atoms with van der Waals surface area (Å²) in [4.78, 5) is 12.0. The van der Waals surface area contributed by atoms with Gasteiger partial charge >= 0.3 is 0 Å². The Morgan fingerprint density at radius 2 is 1.75 bits per heavy atom. The number of benzene rings is 2. The van der Waals surface area contributed by atoms with E-state index in [2.05, 4.69) is 5.32 Å². The third kappa shape index (κ3) is 5.30. The smallest absolute Gasteiger partial charge is 0.258 e. The van der Waals surface area contributed by atoms with Gasteiger partial charge in [-0.05, 0) is 62.6 Å². The largest absolute Gasteiger partial charge is 0.491 e. The van der Waals surface area contributed by atoms with Gasteiger partial charge in [0.1, 0.15) is 18.1 Å². The van der Waals surface area contributed by atoms with E-state index < -0.39 is 0 Å². The second-order valence-electron chi connectivity index (χ2n) is 6.08. The lowest BCUT2D eigenvalue weighted by Gasteiger charge is -2.16. The Labute approximate surface area is 143 Å². The molecule has 2 rings (SSSR count). The molecule has 2 aromatic carbocycles. The maximum absolute atomic E-state index is 12.0. The second-order valence-corrected chi connectivity index (χ2v) is 6.08. The van der Waals surface area contributed by atoms with Crippen LogP contribution in [0, 0.1) is 20.8 Å². The van der Waals surface area contributed by atoms with Crippen LogP contribution in [0.5, 0.6) is 11.5 Å². The normalized spacial score (nSPS) is 11.7. The maximum atomic E-state index is 12.0. The van der Waals surface area contributed by atoms with Crippen molar-refractivity contribution in [3.05, 3.63) is 59.2 Å². The summed E-state index contributed by atoms with van der Waals surface area (Å²) < 4.78 is 11.3. The summed E-state index contributed by atoms with van der Waals surface area (Å²) in [6.45, 7) is 8.38. The zero-order valence-corrected chi connectivity index (χ0v) is 14.8. The quantitative estimate of drug-likeness (QED) is 0.845. The van der Waals surface area contributed by atoms with Crippen molar-refractivity contribution in [3.8, 4) is 11.5 Å². The van der Waals surface area contributed by atoms with E-state index in [9.17, 15) is 4.79 Å². The van der Waals surface area contributed by atoms with E-state index >= 15 is 0 Å². The lowest BCUT2D eigenvalue weighted by Crippen LogP contribution is -2.39. The van der Waals surface area contributed by atoms with E-state index in [-0.39, 0.29) is 18.6 Å². The highest BCUT2D eigenvalue weighted by molar-refractivity contribution is 5.77. The highest BCUT2D eigenvalue weighted by Crippen LogP contribution is 2.17. The molecule has 128 valence electrons. The summed E-state index contributed by atoms with van der Waals surface area (Å²) in [5.41, 5.74) is 3.43. The molecule has 0 spiro atoms. The van der Waals surface area contributed by atoms with Crippen LogP contribution in [0.15, 0.2) is 42.5 Å². The first-order chi connectivity index (χ1) is 11.5. The molecule has 0 aliphatic heterocycles. The Balaban J connectivity index is 1.75. The van der Waals surface area contributed by atoms with Gasteiger partial charge in [0.05, 0.1) is 6.04 Å². The zero-order valence-electron chi connectivity index (χ0n) is 14.8. The lowest BCUT2D eigenvalue weighted by molar-refractivity contribution is -0.123. The van der Waals surface area contributed by atoms with E-state index in [4.69, 9.17) is 9.47 Å². The van der Waals surface area contributed by atoms with Crippen LogP contribution in [0.1, 0.15) is 23.6 Å². The fourth-order valence-electron chi connectivity index (χ4n) is 2.24. The highest BCUT2D eigenvalue weighted by atomic mass is 16.5. The van der Waals surface area contributed by atoms with Crippen molar-refractivity contribution in [2.45, 2.75) is 33.7 Å². The molecule has 0 saturated heterocycles. The van der Waals surface area contributed by atoms with Gasteiger partial charge in [-0.25, -0.2) is 0 Å². The van der Waals surface area contributed by atoms with E-state index in [1.807, 2.05) is 70.2 Å². The molecule has 0 aliphatic rings. The minimum absolute atomic E-state index is 0.00277. The van der Waals surface area contributed by atoms with Gasteiger partial charge in [0, 0.05) is 0 Å². The van der Waals surface area contributed by atoms with Gasteiger partial charge in [0.25, 0.3) is 5.91 Å². The van der Waals surface area contributed by atoms with E-state index in [1.54, 1.807) is 0 Å². The fourth-order valence-corrected chi connectivity index (χ4v) is 2.24. The molecule has 24 heavy (non-hydrogen) atoms. The summed E-state index contributed by atoms with van der Waals surface area (Å²) in [7, 11) is 0. The van der Waals surface area contributed by atoms with Crippen molar-refractivity contribution in [3.63, 3.8) is 0 Å². The molecule has 1 unspecified atom stereocenters. The Bertz CT molecular complexity index is 697. The van der Waals surface area contributed by atoms with Gasteiger partial charge in [0.15, 0.2) is 6.61 Å². The summed E-state index contributed by atoms with van der Waals surface area (Å²) in [5.74, 6) is 1.39. The summed E-state index contributed by atoms with van der Waals surface area (Å²) in [5, 5.41) is 2.88. The van der Waals surface area contributed by atoms with Crippen LogP contribution in [0.25, 0.3) is 0 Å². The van der Waals surface area contributed by atoms with Crippen molar-refractivity contribution >= 4 is 5.91 Å². The van der Waals surface area contributed by atoms with Crippen LogP contribution < -0.4 is 14.8 Å². The third-order valence-corrected chi connectivity index (χ3v) is 3.84. The number of hydrogen-bond donors (Lipinski definition) is 1. The molecule has 0 heterocycles. The number of hydrogen-bond acceptors (Lipinski definition) is 3. The average Bonchev–Trinajstić information content (AvgIpc) is 2.55. The highest BCUT2D eigenvalue weighted by Gasteiger charge is 2.10. The number of carbonyl (C=O) groups is 1. The van der Waals surface area contributed by atoms with Gasteiger partial charge in [0.2, 0.25) is 0 Å². The summed E-state index contributed by atoms with van der Waals surface area (Å²) >= 11 is 0. The number of carbonyl (C=O) groups excluding carboxylic acids is 1. The predicted molar refractivity (Wildman–Crippen MR) is 95.7 cm³/mol. The molecular weight excluding hydrogens is 302 g/mol. The first-order valence-corrected chi connectivity index (χ1v) is 8.13. The molecule has 2 aromatic rings. The molecule has 0 saturated carbocycles. The van der Waals surface area contributed by atoms with Crippen LogP contribution in [-0.2, 0) is 4.79 Å². The van der Waals surface area contributed by atoms with E-state index in [1.165, 1.54) is 5.56 Å². The molecule has 1 atom stereocenters. The monoisotopic (exact) mass is 327 g/mol. The SMILES string of the molecule is Cc1ccc(OCC(=O)NC(C)COc2ccccc2C)cc1C.